The Morgan fingerprint density at radius 1 is 0.346 bits per heavy atom. The van der Waals surface area contributed by atoms with Crippen molar-refractivity contribution in [2.75, 3.05) is 9.80 Å². The maximum absolute atomic E-state index is 12.8. The van der Waals surface area contributed by atoms with E-state index in [2.05, 4.69) is 271 Å². The van der Waals surface area contributed by atoms with Gasteiger partial charge in [0.1, 0.15) is 11.3 Å². The van der Waals surface area contributed by atoms with Gasteiger partial charge in [-0.2, -0.15) is 0 Å². The molecule has 12 aromatic carbocycles. The summed E-state index contributed by atoms with van der Waals surface area (Å²) in [5, 5.41) is 21.9. The van der Waals surface area contributed by atoms with Crippen molar-refractivity contribution in [1.82, 2.24) is 0 Å². The predicted octanol–water partition coefficient (Wildman–Crippen LogP) is 21.6. The second-order valence-corrected chi connectivity index (χ2v) is 22.1. The van der Waals surface area contributed by atoms with Crippen LogP contribution in [0.4, 0.5) is 34.1 Å². The topological polar surface area (TPSA) is 39.9 Å². The van der Waals surface area contributed by atoms with Gasteiger partial charge in [0.05, 0.1) is 22.7 Å². The maximum Gasteiger partial charge on any atom is 0.159 e. The van der Waals surface area contributed by atoms with Crippen molar-refractivity contribution < 1.29 is 9.52 Å². The minimum absolute atomic E-state index is 0.221. The zero-order chi connectivity index (χ0) is 53.5. The van der Waals surface area contributed by atoms with Crippen molar-refractivity contribution in [3.63, 3.8) is 0 Å². The number of hydrogen-bond acceptors (Lipinski definition) is 4. The van der Waals surface area contributed by atoms with Gasteiger partial charge in [-0.25, -0.2) is 0 Å². The Bertz CT molecular complexity index is 4440. The van der Waals surface area contributed by atoms with Gasteiger partial charge in [0.15, 0.2) is 5.58 Å². The van der Waals surface area contributed by atoms with Gasteiger partial charge in [-0.3, -0.25) is 0 Å². The summed E-state index contributed by atoms with van der Waals surface area (Å²) >= 11 is 0. The first-order valence-electron chi connectivity index (χ1n) is 27.4. The standard InChI is InChI=1S/C74H62N2O2/c1-44(2)56-19-9-11-21-58(56)52-17-13-18-53(43-52)59-23-15-27-68(72(59)77)75(54-39-46(5)37-47(6)40-54)66-35-31-50-30-34-65-67(36-32-51-29-33-64(66)70(50)71(51)65)76(55-41-48(7)38-49(8)42-55)69-28-16-26-63-62-25-14-24-61(73(62)78-74(63)69)60-22-12-10-20-57(60)45(3)4/h9-45,77H,1-8H3. The number of rotatable bonds is 11. The first-order chi connectivity index (χ1) is 37.9. The third-order valence-electron chi connectivity index (χ3n) is 16.0. The summed E-state index contributed by atoms with van der Waals surface area (Å²) in [6.45, 7) is 17.7. The first-order valence-corrected chi connectivity index (χ1v) is 27.4. The molecule has 0 unspecified atom stereocenters. The molecule has 4 nitrogen and oxygen atoms in total. The molecule has 1 aromatic heterocycles. The van der Waals surface area contributed by atoms with Crippen LogP contribution in [0.5, 0.6) is 5.75 Å². The number of anilines is 6. The molecule has 0 radical (unpaired) electrons. The lowest BCUT2D eigenvalue weighted by Gasteiger charge is -2.30. The van der Waals surface area contributed by atoms with Gasteiger partial charge >= 0.3 is 0 Å². The molecular formula is C74H62N2O2. The summed E-state index contributed by atoms with van der Waals surface area (Å²) < 4.78 is 7.27. The van der Waals surface area contributed by atoms with Gasteiger partial charge in [0.25, 0.3) is 0 Å². The minimum atomic E-state index is 0.221. The average molecular weight is 1010 g/mol. The number of para-hydroxylation sites is 3. The molecule has 0 aliphatic rings. The molecule has 0 saturated heterocycles. The summed E-state index contributed by atoms with van der Waals surface area (Å²) in [5.74, 6) is 0.938. The SMILES string of the molecule is Cc1cc(C)cc(N(c2cccc(-c3cccc(-c4ccccc4C(C)C)c3)c2O)c2ccc3ccc4c(N(c5cc(C)cc(C)c5)c5cccc6c5oc5c(-c7ccccc7C(C)C)cccc56)ccc5ccc2c3c54)c1. The molecule has 0 fully saturated rings. The Hall–Kier alpha value is -9.12. The van der Waals surface area contributed by atoms with Crippen molar-refractivity contribution in [3.8, 4) is 39.1 Å². The highest BCUT2D eigenvalue weighted by Crippen LogP contribution is 2.52. The van der Waals surface area contributed by atoms with Crippen LogP contribution >= 0.6 is 0 Å². The van der Waals surface area contributed by atoms with Crippen LogP contribution in [0, 0.1) is 27.7 Å². The minimum Gasteiger partial charge on any atom is -0.505 e. The summed E-state index contributed by atoms with van der Waals surface area (Å²) in [6, 6.07) is 77.0. The third kappa shape index (κ3) is 8.14. The van der Waals surface area contributed by atoms with Gasteiger partial charge in [0, 0.05) is 44.0 Å². The van der Waals surface area contributed by atoms with E-state index in [0.29, 0.717) is 17.5 Å². The van der Waals surface area contributed by atoms with Gasteiger partial charge < -0.3 is 19.3 Å². The number of nitrogens with zero attached hydrogens (tertiary/aromatic N) is 2. The molecule has 0 aliphatic carbocycles. The molecule has 13 aromatic rings. The van der Waals surface area contributed by atoms with Crippen molar-refractivity contribution in [2.24, 2.45) is 0 Å². The molecule has 78 heavy (non-hydrogen) atoms. The Morgan fingerprint density at radius 3 is 1.37 bits per heavy atom. The molecule has 0 bridgehead atoms. The van der Waals surface area contributed by atoms with Gasteiger partial charge in [-0.05, 0) is 171 Å². The van der Waals surface area contributed by atoms with E-state index in [-0.39, 0.29) is 5.75 Å². The molecule has 0 spiro atoms. The highest BCUT2D eigenvalue weighted by Gasteiger charge is 2.27. The molecule has 1 N–H and O–H groups in total. The highest BCUT2D eigenvalue weighted by molar-refractivity contribution is 6.28. The molecule has 0 amide bonds. The first kappa shape index (κ1) is 48.5. The van der Waals surface area contributed by atoms with Crippen LogP contribution < -0.4 is 9.80 Å². The molecule has 0 atom stereocenters. The van der Waals surface area contributed by atoms with Crippen LogP contribution in [0.15, 0.2) is 217 Å². The van der Waals surface area contributed by atoms with Crippen LogP contribution in [0.1, 0.15) is 72.9 Å². The van der Waals surface area contributed by atoms with Crippen LogP contribution in [-0.2, 0) is 0 Å². The van der Waals surface area contributed by atoms with E-state index in [0.717, 1.165) is 105 Å². The Labute approximate surface area is 457 Å². The quantitative estimate of drug-likeness (QED) is 0.131. The number of furan rings is 1. The maximum atomic E-state index is 12.8. The molecule has 380 valence electrons. The number of benzene rings is 12. The fourth-order valence-electron chi connectivity index (χ4n) is 12.6. The number of fused-ring (bicyclic) bond motifs is 3. The number of hydrogen-bond donors (Lipinski definition) is 1. The molecule has 1 heterocycles. The van der Waals surface area contributed by atoms with Crippen molar-refractivity contribution in [3.05, 3.63) is 246 Å². The number of phenols is 1. The monoisotopic (exact) mass is 1010 g/mol. The molecular weight excluding hydrogens is 949 g/mol. The normalized spacial score (nSPS) is 11.9. The van der Waals surface area contributed by atoms with E-state index < -0.39 is 0 Å². The van der Waals surface area contributed by atoms with E-state index in [1.165, 1.54) is 44.2 Å². The molecule has 0 saturated carbocycles. The summed E-state index contributed by atoms with van der Waals surface area (Å²) in [4.78, 5) is 4.68. The zero-order valence-electron chi connectivity index (χ0n) is 45.6. The van der Waals surface area contributed by atoms with Gasteiger partial charge in [-0.15, -0.1) is 0 Å². The highest BCUT2D eigenvalue weighted by atomic mass is 16.3. The van der Waals surface area contributed by atoms with E-state index in [1.54, 1.807) is 0 Å². The second kappa shape index (κ2) is 19.2. The van der Waals surface area contributed by atoms with Crippen molar-refractivity contribution in [2.45, 2.75) is 67.2 Å². The van der Waals surface area contributed by atoms with Gasteiger partial charge in [-0.1, -0.05) is 185 Å². The lowest BCUT2D eigenvalue weighted by Crippen LogP contribution is -2.12. The average Bonchev–Trinajstić information content (AvgIpc) is 3.99. The van der Waals surface area contributed by atoms with Crippen LogP contribution in [0.3, 0.4) is 0 Å². The van der Waals surface area contributed by atoms with E-state index in [4.69, 9.17) is 4.42 Å². The molecule has 13 rings (SSSR count). The number of aromatic hydroxyl groups is 1. The van der Waals surface area contributed by atoms with E-state index in [1.807, 2.05) is 6.07 Å². The van der Waals surface area contributed by atoms with Crippen LogP contribution in [-0.4, -0.2) is 5.11 Å². The van der Waals surface area contributed by atoms with Gasteiger partial charge in [0.2, 0.25) is 0 Å². The number of aryl methyl sites for hydroxylation is 4. The van der Waals surface area contributed by atoms with E-state index in [9.17, 15) is 5.11 Å². The summed E-state index contributed by atoms with van der Waals surface area (Å²) in [6.07, 6.45) is 0. The Balaban J connectivity index is 1.02. The Morgan fingerprint density at radius 2 is 0.782 bits per heavy atom. The fourth-order valence-corrected chi connectivity index (χ4v) is 12.6. The van der Waals surface area contributed by atoms with Crippen molar-refractivity contribution >= 4 is 88.4 Å². The Kier molecular flexibility index (Phi) is 11.9. The zero-order valence-corrected chi connectivity index (χ0v) is 45.6. The summed E-state index contributed by atoms with van der Waals surface area (Å²) in [5.41, 5.74) is 21.1. The summed E-state index contributed by atoms with van der Waals surface area (Å²) in [7, 11) is 0. The second-order valence-electron chi connectivity index (χ2n) is 22.1. The molecule has 0 aliphatic heterocycles. The lowest BCUT2D eigenvalue weighted by atomic mass is 9.90. The third-order valence-corrected chi connectivity index (χ3v) is 16.0. The largest absolute Gasteiger partial charge is 0.505 e. The van der Waals surface area contributed by atoms with Crippen molar-refractivity contribution in [1.29, 1.82) is 0 Å². The number of phenolic OH excluding ortho intramolecular Hbond substituents is 1. The fraction of sp³-hybridized carbons (Fsp3) is 0.135. The molecule has 4 heteroatoms. The predicted molar refractivity (Wildman–Crippen MR) is 332 cm³/mol. The van der Waals surface area contributed by atoms with E-state index >= 15 is 0 Å². The van der Waals surface area contributed by atoms with Crippen LogP contribution in [0.2, 0.25) is 0 Å². The smallest absolute Gasteiger partial charge is 0.159 e. The van der Waals surface area contributed by atoms with Crippen LogP contribution in [0.25, 0.3) is 87.6 Å². The lowest BCUT2D eigenvalue weighted by molar-refractivity contribution is 0.478.